The minimum absolute atomic E-state index is 0.0261. The third-order valence-electron chi connectivity index (χ3n) is 3.53. The van der Waals surface area contributed by atoms with E-state index in [0.29, 0.717) is 12.3 Å². The highest BCUT2D eigenvalue weighted by Crippen LogP contribution is 2.33. The Hall–Kier alpha value is -1.88. The molecule has 0 aromatic carbocycles. The quantitative estimate of drug-likeness (QED) is 0.752. The Morgan fingerprint density at radius 1 is 1.60 bits per heavy atom. The van der Waals surface area contributed by atoms with Crippen LogP contribution < -0.4 is 0 Å². The Balaban J connectivity index is 2.24. The van der Waals surface area contributed by atoms with Crippen molar-refractivity contribution < 1.29 is 14.6 Å². The fourth-order valence-corrected chi connectivity index (χ4v) is 2.48. The number of nitrogens with zero attached hydrogens (tertiary/aromatic N) is 2. The molecule has 1 unspecified atom stereocenters. The van der Waals surface area contributed by atoms with Crippen molar-refractivity contribution in [2.45, 2.75) is 12.8 Å². The summed E-state index contributed by atoms with van der Waals surface area (Å²) >= 11 is 0. The monoisotopic (exact) mass is 276 g/mol. The van der Waals surface area contributed by atoms with Crippen LogP contribution in [0.1, 0.15) is 12.8 Å². The molecule has 0 amide bonds. The fourth-order valence-electron chi connectivity index (χ4n) is 2.48. The number of rotatable bonds is 6. The van der Waals surface area contributed by atoms with E-state index in [-0.39, 0.29) is 12.3 Å². The predicted octanol–water partition coefficient (Wildman–Crippen LogP) is 1.84. The molecule has 1 atom stereocenters. The number of hydrogen-bond donors (Lipinski definition) is 1. The number of carboxylic acid groups (broad SMARTS) is 1. The number of fused-ring (bicyclic) bond motifs is 1. The molecule has 1 aliphatic carbocycles. The molecule has 2 rings (SSSR count). The third-order valence-corrected chi connectivity index (χ3v) is 3.53. The third kappa shape index (κ3) is 3.17. The molecular weight excluding hydrogens is 256 g/mol. The summed E-state index contributed by atoms with van der Waals surface area (Å²) in [6.45, 7) is 1.43. The average Bonchev–Trinajstić information content (AvgIpc) is 2.44. The van der Waals surface area contributed by atoms with E-state index < -0.39 is 5.97 Å². The summed E-state index contributed by atoms with van der Waals surface area (Å²) in [6, 6.07) is 0. The Morgan fingerprint density at radius 2 is 2.40 bits per heavy atom. The van der Waals surface area contributed by atoms with Crippen LogP contribution in [0.15, 0.2) is 40.7 Å². The first-order chi connectivity index (χ1) is 9.63. The first-order valence-electron chi connectivity index (χ1n) is 6.69. The maximum atomic E-state index is 10.9. The largest absolute Gasteiger partial charge is 0.481 e. The number of ether oxygens (including phenoxy) is 1. The Labute approximate surface area is 118 Å². The lowest BCUT2D eigenvalue weighted by molar-refractivity contribution is -0.135. The Morgan fingerprint density at radius 3 is 3.10 bits per heavy atom. The van der Waals surface area contributed by atoms with Crippen molar-refractivity contribution in [2.24, 2.45) is 10.9 Å². The molecule has 2 aliphatic rings. The standard InChI is InChI=1S/C15H20N2O3/c1-17(7-8-20-2)14-10-16-13(9-15(18)19)11-5-3-4-6-12(11)14/h4-6,10,12H,3,7-9H2,1-2H3,(H,18,19). The lowest BCUT2D eigenvalue weighted by atomic mass is 9.84. The Kier molecular flexibility index (Phi) is 4.74. The van der Waals surface area contributed by atoms with Gasteiger partial charge in [0.25, 0.3) is 0 Å². The molecule has 0 spiro atoms. The molecule has 1 aliphatic heterocycles. The molecule has 5 nitrogen and oxygen atoms in total. The van der Waals surface area contributed by atoms with Crippen molar-refractivity contribution in [1.82, 2.24) is 4.90 Å². The van der Waals surface area contributed by atoms with Gasteiger partial charge in [0, 0.05) is 38.5 Å². The van der Waals surface area contributed by atoms with E-state index in [1.165, 1.54) is 0 Å². The summed E-state index contributed by atoms with van der Waals surface area (Å²) in [6.07, 6.45) is 8.90. The molecule has 5 heteroatoms. The minimum Gasteiger partial charge on any atom is -0.481 e. The van der Waals surface area contributed by atoms with Crippen LogP contribution in [0.3, 0.4) is 0 Å². The van der Waals surface area contributed by atoms with Gasteiger partial charge in [-0.1, -0.05) is 18.2 Å². The van der Waals surface area contributed by atoms with Crippen molar-refractivity contribution in [3.8, 4) is 0 Å². The predicted molar refractivity (Wildman–Crippen MR) is 77.6 cm³/mol. The van der Waals surface area contributed by atoms with E-state index in [2.05, 4.69) is 28.1 Å². The second kappa shape index (κ2) is 6.52. The van der Waals surface area contributed by atoms with Crippen molar-refractivity contribution >= 4 is 11.7 Å². The zero-order valence-electron chi connectivity index (χ0n) is 11.9. The summed E-state index contributed by atoms with van der Waals surface area (Å²) < 4.78 is 5.10. The van der Waals surface area contributed by atoms with Crippen LogP contribution in [-0.2, 0) is 9.53 Å². The number of aliphatic imine (C=N–C) groups is 1. The van der Waals surface area contributed by atoms with Crippen LogP contribution in [-0.4, -0.2) is 49.0 Å². The number of carboxylic acids is 1. The summed E-state index contributed by atoms with van der Waals surface area (Å²) in [7, 11) is 3.68. The first kappa shape index (κ1) is 14.5. The SMILES string of the molecule is COCCN(C)C1=CN=C(CC(=O)O)C2=CCC=CC21. The van der Waals surface area contributed by atoms with E-state index in [0.717, 1.165) is 24.2 Å². The minimum atomic E-state index is -0.845. The van der Waals surface area contributed by atoms with Crippen LogP contribution >= 0.6 is 0 Å². The first-order valence-corrected chi connectivity index (χ1v) is 6.69. The normalized spacial score (nSPS) is 20.7. The molecular formula is C15H20N2O3. The van der Waals surface area contributed by atoms with Gasteiger partial charge in [-0.15, -0.1) is 0 Å². The van der Waals surface area contributed by atoms with Gasteiger partial charge in [0.05, 0.1) is 18.7 Å². The van der Waals surface area contributed by atoms with Crippen molar-refractivity contribution in [1.29, 1.82) is 0 Å². The zero-order chi connectivity index (χ0) is 14.5. The molecule has 0 radical (unpaired) electrons. The van der Waals surface area contributed by atoms with Crippen LogP contribution in [0.2, 0.25) is 0 Å². The molecule has 0 saturated heterocycles. The number of likely N-dealkylation sites (N-methyl/N-ethyl adjacent to an activating group) is 1. The van der Waals surface area contributed by atoms with Crippen molar-refractivity contribution in [3.63, 3.8) is 0 Å². The molecule has 0 saturated carbocycles. The number of carbonyl (C=O) groups is 1. The highest BCUT2D eigenvalue weighted by Gasteiger charge is 2.28. The topological polar surface area (TPSA) is 62.1 Å². The van der Waals surface area contributed by atoms with E-state index >= 15 is 0 Å². The second-order valence-corrected chi connectivity index (χ2v) is 4.92. The van der Waals surface area contributed by atoms with E-state index in [9.17, 15) is 4.79 Å². The summed E-state index contributed by atoms with van der Waals surface area (Å²) in [4.78, 5) is 17.4. The maximum absolute atomic E-state index is 10.9. The number of allylic oxidation sites excluding steroid dienone is 3. The van der Waals surface area contributed by atoms with E-state index in [1.807, 2.05) is 7.05 Å². The lowest BCUT2D eigenvalue weighted by Crippen LogP contribution is -2.31. The van der Waals surface area contributed by atoms with E-state index in [4.69, 9.17) is 9.84 Å². The smallest absolute Gasteiger partial charge is 0.309 e. The summed E-state index contributed by atoms with van der Waals surface area (Å²) in [5, 5.41) is 8.97. The molecule has 0 bridgehead atoms. The van der Waals surface area contributed by atoms with Gasteiger partial charge in [-0.05, 0) is 12.0 Å². The average molecular weight is 276 g/mol. The fraction of sp³-hybridized carbons (Fsp3) is 0.467. The lowest BCUT2D eigenvalue weighted by Gasteiger charge is -2.32. The number of methoxy groups -OCH3 is 1. The van der Waals surface area contributed by atoms with Crippen LogP contribution in [0.25, 0.3) is 0 Å². The molecule has 1 heterocycles. The van der Waals surface area contributed by atoms with Crippen LogP contribution in [0.4, 0.5) is 0 Å². The molecule has 0 aromatic rings. The van der Waals surface area contributed by atoms with Crippen molar-refractivity contribution in [3.05, 3.63) is 35.7 Å². The van der Waals surface area contributed by atoms with Gasteiger partial charge >= 0.3 is 5.97 Å². The zero-order valence-corrected chi connectivity index (χ0v) is 11.9. The summed E-state index contributed by atoms with van der Waals surface area (Å²) in [5.74, 6) is -0.736. The van der Waals surface area contributed by atoms with Gasteiger partial charge in [0.1, 0.15) is 0 Å². The molecule has 0 fully saturated rings. The van der Waals surface area contributed by atoms with Gasteiger partial charge in [-0.3, -0.25) is 9.79 Å². The molecule has 20 heavy (non-hydrogen) atoms. The van der Waals surface area contributed by atoms with Gasteiger partial charge in [0.2, 0.25) is 0 Å². The maximum Gasteiger partial charge on any atom is 0.309 e. The van der Waals surface area contributed by atoms with Gasteiger partial charge < -0.3 is 14.7 Å². The highest BCUT2D eigenvalue weighted by molar-refractivity contribution is 6.10. The molecule has 108 valence electrons. The van der Waals surface area contributed by atoms with Crippen LogP contribution in [0, 0.1) is 5.92 Å². The number of hydrogen-bond acceptors (Lipinski definition) is 4. The molecule has 1 N–H and O–H groups in total. The van der Waals surface area contributed by atoms with Crippen LogP contribution in [0.5, 0.6) is 0 Å². The van der Waals surface area contributed by atoms with Crippen molar-refractivity contribution in [2.75, 3.05) is 27.3 Å². The van der Waals surface area contributed by atoms with Gasteiger partial charge in [0.15, 0.2) is 0 Å². The molecule has 0 aromatic heterocycles. The summed E-state index contributed by atoms with van der Waals surface area (Å²) in [5.41, 5.74) is 2.77. The van der Waals surface area contributed by atoms with Gasteiger partial charge in [-0.25, -0.2) is 0 Å². The highest BCUT2D eigenvalue weighted by atomic mass is 16.5. The Bertz CT molecular complexity index is 503. The second-order valence-electron chi connectivity index (χ2n) is 4.92. The number of aliphatic carboxylic acids is 1. The van der Waals surface area contributed by atoms with E-state index in [1.54, 1.807) is 13.3 Å². The van der Waals surface area contributed by atoms with Gasteiger partial charge in [-0.2, -0.15) is 0 Å².